The Balaban J connectivity index is 2.06. The molecule has 0 saturated heterocycles. The number of rotatable bonds is 6. The summed E-state index contributed by atoms with van der Waals surface area (Å²) in [5.41, 5.74) is 0.322. The van der Waals surface area contributed by atoms with Crippen molar-refractivity contribution in [1.82, 2.24) is 0 Å². The van der Waals surface area contributed by atoms with Crippen LogP contribution in [0.25, 0.3) is 0 Å². The van der Waals surface area contributed by atoms with Gasteiger partial charge in [-0.25, -0.2) is 0 Å². The second kappa shape index (κ2) is 6.99. The molecule has 1 aliphatic rings. The van der Waals surface area contributed by atoms with Gasteiger partial charge in [-0.3, -0.25) is 9.59 Å². The van der Waals surface area contributed by atoms with Gasteiger partial charge in [0, 0.05) is 17.5 Å². The van der Waals surface area contributed by atoms with Crippen LogP contribution in [0.4, 0.5) is 8.78 Å². The van der Waals surface area contributed by atoms with Crippen LogP contribution in [-0.2, 0) is 9.53 Å². The fraction of sp³-hybridized carbons (Fsp3) is 0.529. The molecule has 0 aromatic heterocycles. The van der Waals surface area contributed by atoms with Crippen LogP contribution in [0.15, 0.2) is 24.3 Å². The topological polar surface area (TPSA) is 43.4 Å². The van der Waals surface area contributed by atoms with Gasteiger partial charge in [0.2, 0.25) is 5.78 Å². The summed E-state index contributed by atoms with van der Waals surface area (Å²) >= 11 is 0. The molecule has 0 fully saturated rings. The molecule has 0 amide bonds. The van der Waals surface area contributed by atoms with Crippen LogP contribution in [0.2, 0.25) is 0 Å². The summed E-state index contributed by atoms with van der Waals surface area (Å²) in [7, 11) is 0. The minimum Gasteiger partial charge on any atom is -0.457 e. The van der Waals surface area contributed by atoms with Crippen molar-refractivity contribution >= 4 is 11.8 Å². The highest BCUT2D eigenvalue weighted by Gasteiger charge is 2.48. The lowest BCUT2D eigenvalue weighted by Crippen LogP contribution is -2.37. The van der Waals surface area contributed by atoms with Crippen molar-refractivity contribution in [3.05, 3.63) is 35.4 Å². The zero-order valence-electron chi connectivity index (χ0n) is 12.6. The molecular weight excluding hydrogens is 290 g/mol. The molecule has 1 aromatic rings. The number of ether oxygens (including phenoxy) is 1. The number of Topliss-reactive ketones (excluding diaryl/α,β-unsaturated/α-hetero) is 1. The first kappa shape index (κ1) is 16.6. The van der Waals surface area contributed by atoms with E-state index in [1.807, 2.05) is 0 Å². The predicted molar refractivity (Wildman–Crippen MR) is 77.9 cm³/mol. The Labute approximate surface area is 128 Å². The molecule has 0 aliphatic heterocycles. The monoisotopic (exact) mass is 310 g/mol. The number of carbonyl (C=O) groups excluding carboxylic acids is 2. The normalized spacial score (nSPS) is 19.6. The van der Waals surface area contributed by atoms with E-state index in [-0.39, 0.29) is 12.0 Å². The zero-order valence-corrected chi connectivity index (χ0v) is 12.6. The first-order chi connectivity index (χ1) is 10.5. The van der Waals surface area contributed by atoms with E-state index in [0.29, 0.717) is 12.0 Å². The van der Waals surface area contributed by atoms with Gasteiger partial charge in [-0.1, -0.05) is 50.5 Å². The molecule has 22 heavy (non-hydrogen) atoms. The number of fused-ring (bicyclic) bond motifs is 1. The molecule has 1 atom stereocenters. The Morgan fingerprint density at radius 3 is 2.73 bits per heavy atom. The molecule has 5 heteroatoms. The maximum absolute atomic E-state index is 13.8. The van der Waals surface area contributed by atoms with E-state index in [1.54, 1.807) is 12.1 Å². The van der Waals surface area contributed by atoms with Crippen LogP contribution in [0.3, 0.4) is 0 Å². The molecule has 0 bridgehead atoms. The van der Waals surface area contributed by atoms with Crippen LogP contribution in [-0.4, -0.2) is 17.7 Å². The average Bonchev–Trinajstić information content (AvgIpc) is 2.49. The third kappa shape index (κ3) is 3.70. The van der Waals surface area contributed by atoms with Gasteiger partial charge in [0.1, 0.15) is 6.10 Å². The van der Waals surface area contributed by atoms with Crippen LogP contribution in [0.1, 0.15) is 67.5 Å². The van der Waals surface area contributed by atoms with E-state index in [0.717, 1.165) is 19.3 Å². The molecular formula is C17H20F2O3. The van der Waals surface area contributed by atoms with E-state index < -0.39 is 30.2 Å². The van der Waals surface area contributed by atoms with Crippen molar-refractivity contribution in [2.75, 3.05) is 0 Å². The summed E-state index contributed by atoms with van der Waals surface area (Å²) in [6.45, 7) is 2.07. The lowest BCUT2D eigenvalue weighted by atomic mass is 9.86. The fourth-order valence-electron chi connectivity index (χ4n) is 2.64. The Kier molecular flexibility index (Phi) is 5.27. The molecule has 120 valence electrons. The molecule has 1 unspecified atom stereocenters. The highest BCUT2D eigenvalue weighted by molar-refractivity contribution is 6.03. The van der Waals surface area contributed by atoms with Crippen molar-refractivity contribution in [2.24, 2.45) is 0 Å². The van der Waals surface area contributed by atoms with Gasteiger partial charge < -0.3 is 4.74 Å². The predicted octanol–water partition coefficient (Wildman–Crippen LogP) is 4.46. The highest BCUT2D eigenvalue weighted by atomic mass is 19.3. The summed E-state index contributed by atoms with van der Waals surface area (Å²) in [6, 6.07) is 6.10. The minimum absolute atomic E-state index is 0.0532. The van der Waals surface area contributed by atoms with E-state index in [4.69, 9.17) is 4.74 Å². The number of hydrogen-bond donors (Lipinski definition) is 0. The molecule has 2 rings (SSSR count). The van der Waals surface area contributed by atoms with Crippen molar-refractivity contribution in [2.45, 2.75) is 57.5 Å². The number of benzene rings is 1. The second-order valence-corrected chi connectivity index (χ2v) is 5.61. The van der Waals surface area contributed by atoms with Crippen molar-refractivity contribution in [3.8, 4) is 0 Å². The Bertz CT molecular complexity index is 555. The maximum atomic E-state index is 13.8. The third-order valence-electron chi connectivity index (χ3n) is 3.83. The zero-order chi connectivity index (χ0) is 16.2. The van der Waals surface area contributed by atoms with Crippen LogP contribution < -0.4 is 0 Å². The molecule has 0 N–H and O–H groups in total. The van der Waals surface area contributed by atoms with Crippen molar-refractivity contribution < 1.29 is 23.1 Å². The van der Waals surface area contributed by atoms with E-state index in [1.165, 1.54) is 12.1 Å². The smallest absolute Gasteiger partial charge is 0.313 e. The van der Waals surface area contributed by atoms with Crippen LogP contribution >= 0.6 is 0 Å². The summed E-state index contributed by atoms with van der Waals surface area (Å²) < 4.78 is 32.8. The SMILES string of the molecule is CCCCCCC(=O)OC1CC(F)(F)C(=O)c2ccccc21. The number of hydrogen-bond acceptors (Lipinski definition) is 3. The van der Waals surface area contributed by atoms with Crippen molar-refractivity contribution in [3.63, 3.8) is 0 Å². The molecule has 1 aliphatic carbocycles. The van der Waals surface area contributed by atoms with E-state index >= 15 is 0 Å². The molecule has 0 heterocycles. The number of esters is 1. The molecule has 0 radical (unpaired) electrons. The van der Waals surface area contributed by atoms with Gasteiger partial charge in [-0.05, 0) is 6.42 Å². The summed E-state index contributed by atoms with van der Waals surface area (Å²) in [4.78, 5) is 23.5. The number of alkyl halides is 2. The molecule has 1 aromatic carbocycles. The van der Waals surface area contributed by atoms with Gasteiger partial charge in [0.25, 0.3) is 0 Å². The third-order valence-corrected chi connectivity index (χ3v) is 3.83. The quantitative estimate of drug-likeness (QED) is 0.575. The van der Waals surface area contributed by atoms with Gasteiger partial charge >= 0.3 is 11.9 Å². The lowest BCUT2D eigenvalue weighted by molar-refractivity contribution is -0.153. The van der Waals surface area contributed by atoms with E-state index in [2.05, 4.69) is 6.92 Å². The first-order valence-electron chi connectivity index (χ1n) is 7.66. The average molecular weight is 310 g/mol. The van der Waals surface area contributed by atoms with E-state index in [9.17, 15) is 18.4 Å². The Morgan fingerprint density at radius 1 is 1.27 bits per heavy atom. The molecule has 3 nitrogen and oxygen atoms in total. The standard InChI is InChI=1S/C17H20F2O3/c1-2-3-4-5-10-15(20)22-14-11-17(18,19)16(21)13-9-7-6-8-12(13)14/h6-9,14H,2-5,10-11H2,1H3. The molecule has 0 saturated carbocycles. The Morgan fingerprint density at radius 2 is 2.00 bits per heavy atom. The summed E-state index contributed by atoms with van der Waals surface area (Å²) in [6.07, 6.45) is 2.09. The lowest BCUT2D eigenvalue weighted by Gasteiger charge is -2.29. The number of unbranched alkanes of at least 4 members (excludes halogenated alkanes) is 3. The van der Waals surface area contributed by atoms with Gasteiger partial charge in [-0.15, -0.1) is 0 Å². The second-order valence-electron chi connectivity index (χ2n) is 5.61. The van der Waals surface area contributed by atoms with Gasteiger partial charge in [0.05, 0.1) is 6.42 Å². The largest absolute Gasteiger partial charge is 0.457 e. The Hall–Kier alpha value is -1.78. The number of halogens is 2. The fourth-order valence-corrected chi connectivity index (χ4v) is 2.64. The summed E-state index contributed by atoms with van der Waals surface area (Å²) in [5, 5.41) is 0. The van der Waals surface area contributed by atoms with Gasteiger partial charge in [-0.2, -0.15) is 8.78 Å². The molecule has 0 spiro atoms. The maximum Gasteiger partial charge on any atom is 0.313 e. The van der Waals surface area contributed by atoms with Crippen LogP contribution in [0.5, 0.6) is 0 Å². The summed E-state index contributed by atoms with van der Waals surface area (Å²) in [5.74, 6) is -5.17. The number of ketones is 1. The minimum atomic E-state index is -3.48. The van der Waals surface area contributed by atoms with Gasteiger partial charge in [0.15, 0.2) is 0 Å². The number of carbonyl (C=O) groups is 2. The highest BCUT2D eigenvalue weighted by Crippen LogP contribution is 2.41. The van der Waals surface area contributed by atoms with Crippen LogP contribution in [0, 0.1) is 0 Å². The first-order valence-corrected chi connectivity index (χ1v) is 7.66. The van der Waals surface area contributed by atoms with Crippen molar-refractivity contribution in [1.29, 1.82) is 0 Å².